The lowest BCUT2D eigenvalue weighted by atomic mass is 9.93. The van der Waals surface area contributed by atoms with Crippen LogP contribution in [-0.4, -0.2) is 57.0 Å². The fraction of sp³-hybridized carbons (Fsp3) is 0.500. The molecule has 4 rings (SSSR count). The van der Waals surface area contributed by atoms with E-state index >= 15 is 0 Å². The minimum Gasteiger partial charge on any atom is -0.306 e. The van der Waals surface area contributed by atoms with Crippen LogP contribution in [0.1, 0.15) is 58.7 Å². The van der Waals surface area contributed by atoms with Gasteiger partial charge in [0.15, 0.2) is 0 Å². The van der Waals surface area contributed by atoms with Gasteiger partial charge >= 0.3 is 0 Å². The first-order valence-corrected chi connectivity index (χ1v) is 11.9. The van der Waals surface area contributed by atoms with E-state index in [9.17, 15) is 4.79 Å². The number of amides is 1. The van der Waals surface area contributed by atoms with Gasteiger partial charge in [-0.15, -0.1) is 0 Å². The van der Waals surface area contributed by atoms with Gasteiger partial charge in [0.2, 0.25) is 0 Å². The van der Waals surface area contributed by atoms with E-state index in [0.717, 1.165) is 60.7 Å². The topological polar surface area (TPSA) is 53.2 Å². The highest BCUT2D eigenvalue weighted by Crippen LogP contribution is 2.28. The second kappa shape index (κ2) is 10.7. The van der Waals surface area contributed by atoms with Crippen molar-refractivity contribution >= 4 is 23.3 Å². The maximum atomic E-state index is 13.1. The smallest absolute Gasteiger partial charge is 0.251 e. The van der Waals surface area contributed by atoms with Gasteiger partial charge in [-0.25, -0.2) is 4.98 Å². The number of aliphatic imine (C=N–C) groups is 1. The number of carbonyl (C=O) groups is 1. The third-order valence-corrected chi connectivity index (χ3v) is 6.22. The summed E-state index contributed by atoms with van der Waals surface area (Å²) in [4.78, 5) is 26.5. The Hall–Kier alpha value is -2.73. The summed E-state index contributed by atoms with van der Waals surface area (Å²) in [5, 5.41) is 0. The Kier molecular flexibility index (Phi) is 8.02. The molecule has 0 saturated carbocycles. The number of hydrogen-bond donors (Lipinski definition) is 0. The van der Waals surface area contributed by atoms with Crippen LogP contribution in [0.3, 0.4) is 0 Å². The summed E-state index contributed by atoms with van der Waals surface area (Å²) >= 11 is 0. The van der Waals surface area contributed by atoms with Crippen molar-refractivity contribution < 1.29 is 4.79 Å². The van der Waals surface area contributed by atoms with Crippen molar-refractivity contribution in [2.45, 2.75) is 60.4 Å². The molecule has 32 heavy (non-hydrogen) atoms. The van der Waals surface area contributed by atoms with Crippen molar-refractivity contribution in [3.63, 3.8) is 0 Å². The van der Waals surface area contributed by atoms with Crippen molar-refractivity contribution in [1.29, 1.82) is 0 Å². The normalized spacial score (nSPS) is 20.2. The number of aromatic nitrogens is 2. The first-order valence-electron chi connectivity index (χ1n) is 11.9. The molecule has 6 nitrogen and oxygen atoms in total. The number of hydrogen-bond acceptors (Lipinski definition) is 4. The molecule has 0 radical (unpaired) electrons. The number of piperidine rings is 1. The van der Waals surface area contributed by atoms with Crippen LogP contribution in [0.4, 0.5) is 0 Å². The Labute approximate surface area is 192 Å². The van der Waals surface area contributed by atoms with Gasteiger partial charge in [0.25, 0.3) is 5.91 Å². The number of likely N-dealkylation sites (tertiary alicyclic amines) is 1. The molecule has 1 fully saturated rings. The lowest BCUT2D eigenvalue weighted by molar-refractivity contribution is -0.124. The summed E-state index contributed by atoms with van der Waals surface area (Å²) < 4.78 is 2.00. The zero-order valence-corrected chi connectivity index (χ0v) is 20.4. The maximum Gasteiger partial charge on any atom is 0.251 e. The van der Waals surface area contributed by atoms with Crippen LogP contribution in [0.15, 0.2) is 47.5 Å². The molecule has 1 amide bonds. The molecular weight excluding hydrogens is 398 g/mol. The van der Waals surface area contributed by atoms with Crippen molar-refractivity contribution in [2.24, 2.45) is 10.9 Å². The van der Waals surface area contributed by atoms with Gasteiger partial charge in [-0.1, -0.05) is 20.8 Å². The van der Waals surface area contributed by atoms with Crippen LogP contribution in [0.25, 0.3) is 11.2 Å². The van der Waals surface area contributed by atoms with Crippen LogP contribution in [0.5, 0.6) is 0 Å². The molecule has 1 saturated heterocycles. The van der Waals surface area contributed by atoms with E-state index in [4.69, 9.17) is 0 Å². The molecule has 2 aromatic rings. The van der Waals surface area contributed by atoms with Crippen molar-refractivity contribution in [2.75, 3.05) is 19.6 Å². The number of carbonyl (C=O) groups excluding carboxylic acids is 1. The number of nitrogens with zero attached hydrogens (tertiary/aromatic N) is 5. The molecule has 0 N–H and O–H groups in total. The molecule has 0 bridgehead atoms. The predicted molar refractivity (Wildman–Crippen MR) is 133 cm³/mol. The highest BCUT2D eigenvalue weighted by Gasteiger charge is 2.26. The Morgan fingerprint density at radius 3 is 2.59 bits per heavy atom. The molecular formula is C26H37N5O. The van der Waals surface area contributed by atoms with Gasteiger partial charge in [-0.3, -0.25) is 9.79 Å². The lowest BCUT2D eigenvalue weighted by Crippen LogP contribution is -2.39. The zero-order chi connectivity index (χ0) is 23.3. The summed E-state index contributed by atoms with van der Waals surface area (Å²) in [6, 6.07) is 3.96. The van der Waals surface area contributed by atoms with E-state index in [1.54, 1.807) is 6.08 Å². The van der Waals surface area contributed by atoms with E-state index in [1.165, 1.54) is 0 Å². The second-order valence-corrected chi connectivity index (χ2v) is 8.42. The SMILES string of the molecule is CC.CCN1CCC(C2=CN(C(=O)/C=C(\C)c3ccc4nc(C)cn4c3)C(C)C=N2)CC1. The molecule has 2 aliphatic heterocycles. The minimum atomic E-state index is -0.0418. The Morgan fingerprint density at radius 1 is 1.19 bits per heavy atom. The molecule has 2 aliphatic rings. The van der Waals surface area contributed by atoms with E-state index in [0.29, 0.717) is 5.92 Å². The molecule has 1 atom stereocenters. The Morgan fingerprint density at radius 2 is 1.91 bits per heavy atom. The zero-order valence-electron chi connectivity index (χ0n) is 20.4. The van der Waals surface area contributed by atoms with Crippen molar-refractivity contribution in [3.8, 4) is 0 Å². The summed E-state index contributed by atoms with van der Waals surface area (Å²) in [7, 11) is 0. The molecule has 2 aromatic heterocycles. The molecule has 4 heterocycles. The minimum absolute atomic E-state index is 0.00319. The predicted octanol–water partition coefficient (Wildman–Crippen LogP) is 4.95. The van der Waals surface area contributed by atoms with Crippen molar-refractivity contribution in [1.82, 2.24) is 19.2 Å². The van der Waals surface area contributed by atoms with Crippen molar-refractivity contribution in [3.05, 3.63) is 53.8 Å². The summed E-state index contributed by atoms with van der Waals surface area (Å²) in [6.45, 7) is 15.5. The number of fused-ring (bicyclic) bond motifs is 1. The number of pyridine rings is 1. The molecule has 0 aliphatic carbocycles. The number of aryl methyl sites for hydroxylation is 1. The standard InChI is InChI=1S/C24H31N5O.C2H6/c1-5-27-10-8-20(9-11-27)22-16-29(19(4)13-25-22)24(30)12-17(2)21-6-7-23-26-18(3)14-28(23)15-21;1-2/h6-7,12-16,19-20H,5,8-11H2,1-4H3;1-2H3/b17-12+;. The molecule has 0 aromatic carbocycles. The monoisotopic (exact) mass is 435 g/mol. The van der Waals surface area contributed by atoms with E-state index in [1.807, 2.05) is 80.9 Å². The Bertz CT molecular complexity index is 1020. The summed E-state index contributed by atoms with van der Waals surface area (Å²) in [5.41, 5.74) is 4.89. The molecule has 1 unspecified atom stereocenters. The summed E-state index contributed by atoms with van der Waals surface area (Å²) in [5.74, 6) is 0.431. The van der Waals surface area contributed by atoms with Crippen LogP contribution >= 0.6 is 0 Å². The number of imidazole rings is 1. The third-order valence-electron chi connectivity index (χ3n) is 6.22. The van der Waals surface area contributed by atoms with Crippen LogP contribution in [0, 0.1) is 12.8 Å². The number of allylic oxidation sites excluding steroid dienone is 2. The van der Waals surface area contributed by atoms with Gasteiger partial charge in [0.05, 0.1) is 17.4 Å². The highest BCUT2D eigenvalue weighted by molar-refractivity contribution is 5.97. The maximum absolute atomic E-state index is 13.1. The van der Waals surface area contributed by atoms with Gasteiger partial charge in [-0.05, 0) is 76.5 Å². The number of rotatable bonds is 4. The molecule has 0 spiro atoms. The van der Waals surface area contributed by atoms with Gasteiger partial charge in [0, 0.05) is 36.8 Å². The largest absolute Gasteiger partial charge is 0.306 e. The van der Waals surface area contributed by atoms with Gasteiger partial charge < -0.3 is 14.2 Å². The average Bonchev–Trinajstić information content (AvgIpc) is 3.20. The van der Waals surface area contributed by atoms with Crippen LogP contribution < -0.4 is 0 Å². The highest BCUT2D eigenvalue weighted by atomic mass is 16.2. The fourth-order valence-corrected chi connectivity index (χ4v) is 4.27. The van der Waals surface area contributed by atoms with Crippen LogP contribution in [0.2, 0.25) is 0 Å². The lowest BCUT2D eigenvalue weighted by Gasteiger charge is -2.34. The Balaban J connectivity index is 0.00000141. The average molecular weight is 436 g/mol. The van der Waals surface area contributed by atoms with E-state index in [-0.39, 0.29) is 11.9 Å². The van der Waals surface area contributed by atoms with Crippen LogP contribution in [-0.2, 0) is 4.79 Å². The van der Waals surface area contributed by atoms with Gasteiger partial charge in [0.1, 0.15) is 5.65 Å². The van der Waals surface area contributed by atoms with E-state index in [2.05, 4.69) is 21.8 Å². The second-order valence-electron chi connectivity index (χ2n) is 8.42. The molecule has 6 heteroatoms. The first kappa shape index (κ1) is 23.9. The first-order chi connectivity index (χ1) is 15.4. The van der Waals surface area contributed by atoms with E-state index < -0.39 is 0 Å². The third kappa shape index (κ3) is 5.36. The quantitative estimate of drug-likeness (QED) is 0.639. The van der Waals surface area contributed by atoms with Gasteiger partial charge in [-0.2, -0.15) is 0 Å². The summed E-state index contributed by atoms with van der Waals surface area (Å²) in [6.07, 6.45) is 11.8. The molecule has 172 valence electrons. The fourth-order valence-electron chi connectivity index (χ4n) is 4.27.